The van der Waals surface area contributed by atoms with Gasteiger partial charge in [-0.2, -0.15) is 0 Å². The molecule has 0 amide bonds. The molecule has 1 N–H and O–H groups in total. The highest BCUT2D eigenvalue weighted by Crippen LogP contribution is 2.49. The molecule has 0 aromatic heterocycles. The first-order chi connectivity index (χ1) is 12.3. The van der Waals surface area contributed by atoms with E-state index in [4.69, 9.17) is 0 Å². The second kappa shape index (κ2) is 6.62. The lowest BCUT2D eigenvalue weighted by atomic mass is 9.64. The van der Waals surface area contributed by atoms with Crippen LogP contribution >= 0.6 is 0 Å². The van der Waals surface area contributed by atoms with E-state index in [-0.39, 0.29) is 0 Å². The fourth-order valence-corrected chi connectivity index (χ4v) is 5.51. The van der Waals surface area contributed by atoms with Crippen LogP contribution in [0.4, 0.5) is 11.4 Å². The summed E-state index contributed by atoms with van der Waals surface area (Å²) in [6.07, 6.45) is 9.09. The first kappa shape index (κ1) is 17.9. The average molecular weight is 353 g/mol. The molecule has 1 aromatic carbocycles. The van der Waals surface area contributed by atoms with E-state index in [2.05, 4.69) is 69.1 Å². The zero-order chi connectivity index (χ0) is 18.5. The van der Waals surface area contributed by atoms with E-state index in [1.165, 1.54) is 54.9 Å². The fourth-order valence-electron chi connectivity index (χ4n) is 5.51. The summed E-state index contributed by atoms with van der Waals surface area (Å²) in [6.45, 7) is 15.0. The second-order valence-corrected chi connectivity index (χ2v) is 10.2. The second-order valence-electron chi connectivity index (χ2n) is 10.2. The van der Waals surface area contributed by atoms with Gasteiger partial charge in [-0.15, -0.1) is 0 Å². The highest BCUT2D eigenvalue weighted by molar-refractivity contribution is 5.65. The number of benzene rings is 1. The summed E-state index contributed by atoms with van der Waals surface area (Å²) in [5.41, 5.74) is 5.95. The van der Waals surface area contributed by atoms with Gasteiger partial charge in [0.25, 0.3) is 0 Å². The van der Waals surface area contributed by atoms with E-state index < -0.39 is 0 Å². The van der Waals surface area contributed by atoms with E-state index in [9.17, 15) is 0 Å². The summed E-state index contributed by atoms with van der Waals surface area (Å²) in [4.78, 5) is 2.67. The van der Waals surface area contributed by atoms with Crippen molar-refractivity contribution in [2.75, 3.05) is 29.9 Å². The number of nitrogens with zero attached hydrogens (tertiary/aromatic N) is 1. The molecule has 4 aliphatic rings. The van der Waals surface area contributed by atoms with Crippen molar-refractivity contribution in [2.24, 2.45) is 29.1 Å². The third-order valence-corrected chi connectivity index (χ3v) is 7.01. The van der Waals surface area contributed by atoms with Gasteiger partial charge in [0.15, 0.2) is 0 Å². The van der Waals surface area contributed by atoms with Crippen LogP contribution in [0.2, 0.25) is 0 Å². The van der Waals surface area contributed by atoms with Crippen molar-refractivity contribution in [1.82, 2.24) is 0 Å². The maximum Gasteiger partial charge on any atom is 0.0401 e. The molecule has 4 atom stereocenters. The van der Waals surface area contributed by atoms with Crippen LogP contribution in [0.5, 0.6) is 0 Å². The molecule has 1 heterocycles. The van der Waals surface area contributed by atoms with Gasteiger partial charge < -0.3 is 10.2 Å². The maximum atomic E-state index is 3.70. The van der Waals surface area contributed by atoms with Gasteiger partial charge in [0.05, 0.1) is 0 Å². The molecule has 5 rings (SSSR count). The summed E-state index contributed by atoms with van der Waals surface area (Å²) < 4.78 is 0. The molecule has 1 aromatic rings. The first-order valence-corrected chi connectivity index (χ1v) is 10.6. The Balaban J connectivity index is 1.47. The zero-order valence-electron chi connectivity index (χ0n) is 17.3. The predicted molar refractivity (Wildman–Crippen MR) is 113 cm³/mol. The van der Waals surface area contributed by atoms with Crippen LogP contribution < -0.4 is 10.2 Å². The van der Waals surface area contributed by atoms with Crippen molar-refractivity contribution in [3.05, 3.63) is 35.4 Å². The number of allylic oxidation sites excluding steroid dienone is 2. The Morgan fingerprint density at radius 3 is 1.96 bits per heavy atom. The number of fused-ring (bicyclic) bond motifs is 1. The maximum absolute atomic E-state index is 3.70. The van der Waals surface area contributed by atoms with Crippen LogP contribution in [0.25, 0.3) is 0 Å². The number of hydrogen-bond donors (Lipinski definition) is 1. The molecule has 4 unspecified atom stereocenters. The van der Waals surface area contributed by atoms with Crippen LogP contribution in [-0.4, -0.2) is 19.6 Å². The molecule has 1 saturated heterocycles. The highest BCUT2D eigenvalue weighted by atomic mass is 15.2. The number of aryl methyl sites for hydroxylation is 2. The van der Waals surface area contributed by atoms with Crippen LogP contribution in [0.3, 0.4) is 0 Å². The van der Waals surface area contributed by atoms with Gasteiger partial charge in [-0.05, 0) is 85.5 Å². The highest BCUT2D eigenvalue weighted by Gasteiger charge is 2.45. The third-order valence-electron chi connectivity index (χ3n) is 7.01. The van der Waals surface area contributed by atoms with Crippen LogP contribution in [0.15, 0.2) is 24.3 Å². The molecule has 3 aliphatic carbocycles. The molecule has 2 bridgehead atoms. The quantitative estimate of drug-likeness (QED) is 0.689. The Kier molecular flexibility index (Phi) is 4.57. The van der Waals surface area contributed by atoms with Gasteiger partial charge >= 0.3 is 0 Å². The van der Waals surface area contributed by atoms with E-state index in [0.717, 1.165) is 30.2 Å². The molecule has 2 fully saturated rings. The molecular formula is C24H36N2. The van der Waals surface area contributed by atoms with E-state index in [1.807, 2.05) is 0 Å². The number of nitrogens with one attached hydrogen (secondary N) is 1. The Bertz CT molecular complexity index is 652. The minimum Gasteiger partial charge on any atom is -0.385 e. The lowest BCUT2D eigenvalue weighted by Crippen LogP contribution is -2.35. The smallest absolute Gasteiger partial charge is 0.0401 e. The Labute approximate surface area is 160 Å². The van der Waals surface area contributed by atoms with Gasteiger partial charge in [-0.25, -0.2) is 0 Å². The minimum atomic E-state index is 0.383. The molecule has 1 saturated carbocycles. The Morgan fingerprint density at radius 2 is 1.50 bits per heavy atom. The number of rotatable bonds is 4. The van der Waals surface area contributed by atoms with E-state index in [1.54, 1.807) is 0 Å². The number of anilines is 2. The standard InChI is InChI=1S/C24H36N2/c1-16-12-20(13-17(2)23(16)25-11-10-24(3,4)5)26-14-21-18-6-7-19(9-8-18)22(21)15-26/h6-7,12-13,18-19,21-22,25H,8-11,14-15H2,1-5H3. The molecule has 0 radical (unpaired) electrons. The van der Waals surface area contributed by atoms with E-state index >= 15 is 0 Å². The van der Waals surface area contributed by atoms with Crippen molar-refractivity contribution in [2.45, 2.75) is 53.9 Å². The van der Waals surface area contributed by atoms with Gasteiger partial charge in [0.2, 0.25) is 0 Å². The van der Waals surface area contributed by atoms with Crippen LogP contribution in [-0.2, 0) is 0 Å². The largest absolute Gasteiger partial charge is 0.385 e. The van der Waals surface area contributed by atoms with Crippen molar-refractivity contribution < 1.29 is 0 Å². The third kappa shape index (κ3) is 3.40. The Hall–Kier alpha value is -1.44. The van der Waals surface area contributed by atoms with Crippen molar-refractivity contribution >= 4 is 11.4 Å². The summed E-state index contributed by atoms with van der Waals surface area (Å²) in [5, 5.41) is 3.70. The lowest BCUT2D eigenvalue weighted by Gasteiger charge is -2.40. The molecular weight excluding hydrogens is 316 g/mol. The summed E-state index contributed by atoms with van der Waals surface area (Å²) in [5.74, 6) is 3.47. The monoisotopic (exact) mass is 352 g/mol. The van der Waals surface area contributed by atoms with Gasteiger partial charge in [0.1, 0.15) is 0 Å². The summed E-state index contributed by atoms with van der Waals surface area (Å²) in [6, 6.07) is 4.83. The normalized spacial score (nSPS) is 30.0. The van der Waals surface area contributed by atoms with Crippen molar-refractivity contribution in [3.63, 3.8) is 0 Å². The summed E-state index contributed by atoms with van der Waals surface area (Å²) in [7, 11) is 0. The SMILES string of the molecule is Cc1cc(N2CC3C4C=CC(CC4)C3C2)cc(C)c1NCCC(C)(C)C. The first-order valence-electron chi connectivity index (χ1n) is 10.6. The average Bonchev–Trinajstić information content (AvgIpc) is 3.04. The topological polar surface area (TPSA) is 15.3 Å². The molecule has 26 heavy (non-hydrogen) atoms. The van der Waals surface area contributed by atoms with Gasteiger partial charge in [-0.1, -0.05) is 32.9 Å². The summed E-state index contributed by atoms with van der Waals surface area (Å²) >= 11 is 0. The lowest BCUT2D eigenvalue weighted by molar-refractivity contribution is 0.169. The molecule has 142 valence electrons. The zero-order valence-corrected chi connectivity index (χ0v) is 17.3. The van der Waals surface area contributed by atoms with E-state index in [0.29, 0.717) is 5.41 Å². The molecule has 1 aliphatic heterocycles. The molecule has 2 nitrogen and oxygen atoms in total. The fraction of sp³-hybridized carbons (Fsp3) is 0.667. The van der Waals surface area contributed by atoms with Crippen LogP contribution in [0, 0.1) is 42.9 Å². The number of hydrogen-bond acceptors (Lipinski definition) is 2. The predicted octanol–water partition coefficient (Wildman–Crippen LogP) is 5.80. The van der Waals surface area contributed by atoms with Crippen molar-refractivity contribution in [3.8, 4) is 0 Å². The Morgan fingerprint density at radius 1 is 0.962 bits per heavy atom. The van der Waals surface area contributed by atoms with Crippen molar-refractivity contribution in [1.29, 1.82) is 0 Å². The van der Waals surface area contributed by atoms with Crippen LogP contribution in [0.1, 0.15) is 51.2 Å². The molecule has 2 heteroatoms. The van der Waals surface area contributed by atoms with Gasteiger partial charge in [0, 0.05) is 31.0 Å². The minimum absolute atomic E-state index is 0.383. The molecule has 0 spiro atoms. The van der Waals surface area contributed by atoms with Gasteiger partial charge in [-0.3, -0.25) is 0 Å².